The van der Waals surface area contributed by atoms with Gasteiger partial charge in [0.25, 0.3) is 6.42 Å². The minimum atomic E-state index is -1.59. The van der Waals surface area contributed by atoms with Crippen molar-refractivity contribution in [2.75, 3.05) is 11.9 Å². The Morgan fingerprint density at radius 1 is 1.38 bits per heavy atom. The van der Waals surface area contributed by atoms with Gasteiger partial charge in [-0.05, 0) is 30.8 Å². The number of anilines is 1. The molecule has 0 amide bonds. The molecule has 2 aliphatic carbocycles. The van der Waals surface area contributed by atoms with E-state index in [4.69, 9.17) is 11.5 Å². The number of halogens is 2. The van der Waals surface area contributed by atoms with Crippen molar-refractivity contribution >= 4 is 11.7 Å². The highest BCUT2D eigenvalue weighted by atomic mass is 19.1. The molecule has 26 heavy (non-hydrogen) atoms. The molecule has 4 rings (SSSR count). The molecule has 1 aliphatic heterocycles. The summed E-state index contributed by atoms with van der Waals surface area (Å²) in [4.78, 5) is 8.28. The summed E-state index contributed by atoms with van der Waals surface area (Å²) in [6.07, 6.45) is 2.46. The highest BCUT2D eigenvalue weighted by Crippen LogP contribution is 2.41. The Balaban J connectivity index is 1.70. The van der Waals surface area contributed by atoms with Crippen molar-refractivity contribution in [3.63, 3.8) is 0 Å². The average molecular weight is 362 g/mol. The summed E-state index contributed by atoms with van der Waals surface area (Å²) in [6, 6.07) is 0. The number of amidine groups is 1. The molecule has 3 aliphatic rings. The van der Waals surface area contributed by atoms with Crippen LogP contribution in [0.25, 0.3) is 0 Å². The van der Waals surface area contributed by atoms with Crippen molar-refractivity contribution in [2.24, 2.45) is 22.4 Å². The molecule has 5 N–H and O–H groups in total. The summed E-state index contributed by atoms with van der Waals surface area (Å²) in [7, 11) is 0. The quantitative estimate of drug-likeness (QED) is 0.716. The van der Waals surface area contributed by atoms with Gasteiger partial charge in [-0.1, -0.05) is 24.1 Å². The van der Waals surface area contributed by atoms with Gasteiger partial charge in [-0.25, -0.2) is 14.4 Å². The Bertz CT molecular complexity index is 822. The van der Waals surface area contributed by atoms with E-state index in [1.54, 1.807) is 0 Å². The third kappa shape index (κ3) is 2.82. The maximum atomic E-state index is 14.2. The molecule has 6 nitrogen and oxygen atoms in total. The van der Waals surface area contributed by atoms with Gasteiger partial charge in [-0.2, -0.15) is 4.39 Å². The Kier molecular flexibility index (Phi) is 4.30. The third-order valence-corrected chi connectivity index (χ3v) is 5.48. The fourth-order valence-corrected chi connectivity index (χ4v) is 4.14. The minimum absolute atomic E-state index is 0.0820. The van der Waals surface area contributed by atoms with E-state index in [2.05, 4.69) is 22.2 Å². The van der Waals surface area contributed by atoms with E-state index < -0.39 is 12.6 Å². The molecule has 140 valence electrons. The number of imidazole rings is 1. The molecule has 0 aromatic carbocycles. The van der Waals surface area contributed by atoms with Gasteiger partial charge in [0.1, 0.15) is 23.5 Å². The summed E-state index contributed by atoms with van der Waals surface area (Å²) < 4.78 is 29.8. The smallest absolute Gasteiger partial charge is 0.267 e. The van der Waals surface area contributed by atoms with E-state index in [1.807, 2.05) is 10.6 Å². The predicted octanol–water partition coefficient (Wildman–Crippen LogP) is 2.16. The van der Waals surface area contributed by atoms with Gasteiger partial charge in [0.2, 0.25) is 0 Å². The number of nitrogens with one attached hydrogen (secondary N) is 1. The lowest BCUT2D eigenvalue weighted by molar-refractivity contribution is 0.382. The van der Waals surface area contributed by atoms with E-state index in [0.717, 1.165) is 29.8 Å². The normalized spacial score (nSPS) is 27.6. The lowest BCUT2D eigenvalue weighted by Crippen LogP contribution is -2.28. The maximum Gasteiger partial charge on any atom is 0.267 e. The van der Waals surface area contributed by atoms with Crippen LogP contribution in [0.1, 0.15) is 37.7 Å². The van der Waals surface area contributed by atoms with Gasteiger partial charge >= 0.3 is 0 Å². The molecule has 3 atom stereocenters. The van der Waals surface area contributed by atoms with E-state index in [-0.39, 0.29) is 5.84 Å². The highest BCUT2D eigenvalue weighted by Gasteiger charge is 2.31. The first kappa shape index (κ1) is 17.2. The molecule has 0 bridgehead atoms. The van der Waals surface area contributed by atoms with Crippen molar-refractivity contribution in [3.05, 3.63) is 34.3 Å². The minimum Gasteiger partial charge on any atom is -0.382 e. The van der Waals surface area contributed by atoms with Crippen molar-refractivity contribution < 1.29 is 8.78 Å². The van der Waals surface area contributed by atoms with Gasteiger partial charge < -0.3 is 21.4 Å². The van der Waals surface area contributed by atoms with Crippen LogP contribution >= 0.6 is 0 Å². The number of aromatic nitrogens is 2. The van der Waals surface area contributed by atoms with Crippen molar-refractivity contribution in [2.45, 2.75) is 51.7 Å². The first-order valence-electron chi connectivity index (χ1n) is 9.08. The maximum absolute atomic E-state index is 14.2. The number of rotatable bonds is 4. The van der Waals surface area contributed by atoms with Crippen LogP contribution < -0.4 is 16.8 Å². The number of allylic oxidation sites excluding steroid dienone is 4. The van der Waals surface area contributed by atoms with Crippen LogP contribution in [0.3, 0.4) is 0 Å². The zero-order valence-corrected chi connectivity index (χ0v) is 14.8. The molecule has 8 heteroatoms. The molecular weight excluding hydrogens is 338 g/mol. The average Bonchev–Trinajstić information content (AvgIpc) is 3.11. The number of nitrogens with zero attached hydrogens (tertiary/aromatic N) is 3. The van der Waals surface area contributed by atoms with Crippen LogP contribution in [0.5, 0.6) is 0 Å². The molecule has 0 saturated heterocycles. The molecule has 0 fully saturated rings. The number of nitrogens with two attached hydrogens (primary N) is 2. The Labute approximate surface area is 151 Å². The van der Waals surface area contributed by atoms with Crippen molar-refractivity contribution in [1.29, 1.82) is 0 Å². The van der Waals surface area contributed by atoms with Gasteiger partial charge in [0.05, 0.1) is 0 Å². The fourth-order valence-electron chi connectivity index (χ4n) is 4.14. The third-order valence-electron chi connectivity index (χ3n) is 5.48. The van der Waals surface area contributed by atoms with E-state index in [9.17, 15) is 8.78 Å². The first-order valence-corrected chi connectivity index (χ1v) is 9.08. The van der Waals surface area contributed by atoms with Crippen molar-refractivity contribution in [3.8, 4) is 0 Å². The lowest BCUT2D eigenvalue weighted by Gasteiger charge is -2.23. The molecule has 1 aromatic rings. The molecule has 1 aromatic heterocycles. The summed E-state index contributed by atoms with van der Waals surface area (Å²) in [5.41, 5.74) is 15.3. The Morgan fingerprint density at radius 3 is 2.96 bits per heavy atom. The zero-order chi connectivity index (χ0) is 18.4. The van der Waals surface area contributed by atoms with E-state index in [0.29, 0.717) is 43.4 Å². The fraction of sp³-hybridized carbons (Fsp3) is 0.556. The predicted molar refractivity (Wildman–Crippen MR) is 97.2 cm³/mol. The first-order chi connectivity index (χ1) is 12.5. The molecule has 3 unspecified atom stereocenters. The number of aliphatic imine (C=N–C) groups is 1. The number of alkyl halides is 2. The van der Waals surface area contributed by atoms with E-state index >= 15 is 0 Å². The Hall–Kier alpha value is -2.22. The lowest BCUT2D eigenvalue weighted by atomic mass is 9.84. The van der Waals surface area contributed by atoms with Crippen LogP contribution in [0, 0.1) is 5.92 Å². The summed E-state index contributed by atoms with van der Waals surface area (Å²) >= 11 is 0. The number of fused-ring (bicyclic) bond motifs is 1. The second-order valence-electron chi connectivity index (χ2n) is 7.23. The molecule has 0 radical (unpaired) electrons. The van der Waals surface area contributed by atoms with Crippen LogP contribution in [0.15, 0.2) is 27.8 Å². The monoisotopic (exact) mass is 362 g/mol. The Morgan fingerprint density at radius 2 is 2.19 bits per heavy atom. The van der Waals surface area contributed by atoms with E-state index in [1.165, 1.54) is 5.57 Å². The molecule has 0 saturated carbocycles. The van der Waals surface area contributed by atoms with Crippen LogP contribution in [-0.2, 0) is 13.0 Å². The number of hydrogen-bond donors (Lipinski definition) is 3. The summed E-state index contributed by atoms with van der Waals surface area (Å²) in [6.45, 7) is 3.04. The SMILES string of the molecule is CC1CC2=C(C=C1Cc1nc3c(n1CCN)NC(F)N=C3N)C(F)CC2. The molecule has 2 heterocycles. The zero-order valence-electron chi connectivity index (χ0n) is 14.8. The van der Waals surface area contributed by atoms with Gasteiger partial charge in [0, 0.05) is 19.5 Å². The second-order valence-corrected chi connectivity index (χ2v) is 7.23. The second kappa shape index (κ2) is 6.50. The summed E-state index contributed by atoms with van der Waals surface area (Å²) in [5.74, 6) is 1.67. The van der Waals surface area contributed by atoms with Crippen LogP contribution in [-0.4, -0.2) is 34.5 Å². The van der Waals surface area contributed by atoms with Gasteiger partial charge in [0.15, 0.2) is 5.84 Å². The number of hydrogen-bond acceptors (Lipinski definition) is 5. The molecule has 0 spiro atoms. The van der Waals surface area contributed by atoms with Crippen LogP contribution in [0.2, 0.25) is 0 Å². The molecular formula is C18H24F2N6. The van der Waals surface area contributed by atoms with Crippen molar-refractivity contribution in [1.82, 2.24) is 9.55 Å². The van der Waals surface area contributed by atoms with Gasteiger partial charge in [-0.3, -0.25) is 0 Å². The van der Waals surface area contributed by atoms with Gasteiger partial charge in [-0.15, -0.1) is 0 Å². The standard InChI is InChI=1S/C18H24F2N6/c1-9-6-10-2-3-13(19)12(10)7-11(9)8-14-23-15-16(22)24-18(20)25-17(15)26(14)5-4-21/h7,9,13,18,25H,2-6,8,21H2,1H3,(H2,22,24). The highest BCUT2D eigenvalue weighted by molar-refractivity contribution is 6.01. The largest absolute Gasteiger partial charge is 0.382 e. The van der Waals surface area contributed by atoms with Crippen LogP contribution in [0.4, 0.5) is 14.6 Å². The summed E-state index contributed by atoms with van der Waals surface area (Å²) in [5, 5.41) is 2.68. The topological polar surface area (TPSA) is 94.2 Å².